The van der Waals surface area contributed by atoms with Gasteiger partial charge in [-0.3, -0.25) is 4.79 Å². The van der Waals surface area contributed by atoms with Crippen LogP contribution < -0.4 is 5.32 Å². The van der Waals surface area contributed by atoms with Gasteiger partial charge >= 0.3 is 6.18 Å². The molecule has 5 rings (SSSR count). The van der Waals surface area contributed by atoms with Crippen LogP contribution in [-0.2, 0) is 23.9 Å². The highest BCUT2D eigenvalue weighted by molar-refractivity contribution is 6.06. The Morgan fingerprint density at radius 3 is 2.02 bits per heavy atom. The van der Waals surface area contributed by atoms with Crippen LogP contribution >= 0.6 is 0 Å². The summed E-state index contributed by atoms with van der Waals surface area (Å²) in [7, 11) is 1.46. The number of amides is 1. The molecule has 0 aliphatic rings. The van der Waals surface area contributed by atoms with Crippen molar-refractivity contribution in [1.82, 2.24) is 5.32 Å². The molecule has 0 bridgehead atoms. The molecule has 5 aromatic rings. The maximum atomic E-state index is 14.3. The molecule has 2 N–H and O–H groups in total. The number of aliphatic hydroxyl groups excluding tert-OH is 1. The van der Waals surface area contributed by atoms with Crippen LogP contribution in [0.4, 0.5) is 22.0 Å². The number of alkyl halides is 3. The number of ether oxygens (including phenoxy) is 1. The lowest BCUT2D eigenvalue weighted by Gasteiger charge is -2.25. The molecule has 1 aromatic heterocycles. The third-order valence-electron chi connectivity index (χ3n) is 7.30. The van der Waals surface area contributed by atoms with E-state index in [4.69, 9.17) is 9.15 Å². The molecular formula is C35H28F5NO4. The van der Waals surface area contributed by atoms with Crippen molar-refractivity contribution in [3.63, 3.8) is 0 Å². The Labute approximate surface area is 255 Å². The molecule has 5 nitrogen and oxygen atoms in total. The molecule has 2 unspecified atom stereocenters. The SMILES string of the molecule is COCc1oc(-c2ccccc2)c(C(=O)NC(Cc2ccc(C(F)(F)F)cc2)C(O)c2ccc(F)cc2)c1-c1ccc(F)cc1. The van der Waals surface area contributed by atoms with E-state index >= 15 is 0 Å². The smallest absolute Gasteiger partial charge is 0.416 e. The molecule has 0 saturated carbocycles. The van der Waals surface area contributed by atoms with E-state index in [1.165, 1.54) is 55.6 Å². The summed E-state index contributed by atoms with van der Waals surface area (Å²) in [4.78, 5) is 14.3. The third kappa shape index (κ3) is 7.30. The van der Waals surface area contributed by atoms with Gasteiger partial charge in [-0.15, -0.1) is 0 Å². The first-order valence-electron chi connectivity index (χ1n) is 13.9. The molecule has 4 aromatic carbocycles. The monoisotopic (exact) mass is 621 g/mol. The minimum absolute atomic E-state index is 0.0208. The first kappa shape index (κ1) is 31.6. The van der Waals surface area contributed by atoms with Crippen molar-refractivity contribution in [3.8, 4) is 22.5 Å². The number of methoxy groups -OCH3 is 1. The summed E-state index contributed by atoms with van der Waals surface area (Å²) in [6, 6.07) is 22.6. The molecule has 1 amide bonds. The van der Waals surface area contributed by atoms with Gasteiger partial charge in [0.05, 0.1) is 23.3 Å². The van der Waals surface area contributed by atoms with Gasteiger partial charge in [-0.25, -0.2) is 8.78 Å². The van der Waals surface area contributed by atoms with Gasteiger partial charge in [-0.1, -0.05) is 66.7 Å². The molecular weight excluding hydrogens is 593 g/mol. The summed E-state index contributed by atoms with van der Waals surface area (Å²) in [6.45, 7) is -0.0208. The molecule has 0 spiro atoms. The standard InChI is InChI=1S/C35H28F5NO4/c1-44-20-29-30(22-9-15-26(36)16-10-22)31(33(45-29)24-5-3-2-4-6-24)34(43)41-28(32(42)23-11-17-27(37)18-12-23)19-21-7-13-25(14-8-21)35(38,39)40/h2-18,28,32,42H,19-20H2,1H3,(H,41,43). The highest BCUT2D eigenvalue weighted by Gasteiger charge is 2.32. The fourth-order valence-corrected chi connectivity index (χ4v) is 5.10. The van der Waals surface area contributed by atoms with E-state index in [0.29, 0.717) is 28.0 Å². The van der Waals surface area contributed by atoms with Crippen LogP contribution in [0.2, 0.25) is 0 Å². The predicted molar refractivity (Wildman–Crippen MR) is 158 cm³/mol. The van der Waals surface area contributed by atoms with Crippen LogP contribution in [-0.4, -0.2) is 24.2 Å². The molecule has 10 heteroatoms. The summed E-state index contributed by atoms with van der Waals surface area (Å²) >= 11 is 0. The number of rotatable bonds is 10. The number of halogens is 5. The van der Waals surface area contributed by atoms with Crippen molar-refractivity contribution in [2.24, 2.45) is 0 Å². The number of furan rings is 1. The fourth-order valence-electron chi connectivity index (χ4n) is 5.10. The van der Waals surface area contributed by atoms with Gasteiger partial charge in [-0.2, -0.15) is 13.2 Å². The quantitative estimate of drug-likeness (QED) is 0.155. The Balaban J connectivity index is 1.60. The normalized spacial score (nSPS) is 13.0. The second-order valence-electron chi connectivity index (χ2n) is 10.4. The molecule has 0 aliphatic heterocycles. The Morgan fingerprint density at radius 1 is 0.844 bits per heavy atom. The fraction of sp³-hybridized carbons (Fsp3) is 0.171. The molecule has 1 heterocycles. The van der Waals surface area contributed by atoms with E-state index < -0.39 is 41.4 Å². The topological polar surface area (TPSA) is 71.7 Å². The average molecular weight is 622 g/mol. The van der Waals surface area contributed by atoms with Gasteiger partial charge < -0.3 is 19.6 Å². The Bertz CT molecular complexity index is 1730. The van der Waals surface area contributed by atoms with Crippen molar-refractivity contribution in [1.29, 1.82) is 0 Å². The van der Waals surface area contributed by atoms with Crippen molar-refractivity contribution in [2.75, 3.05) is 7.11 Å². The number of nitrogens with one attached hydrogen (secondary N) is 1. The van der Waals surface area contributed by atoms with Crippen LogP contribution in [0.1, 0.15) is 38.9 Å². The highest BCUT2D eigenvalue weighted by Crippen LogP contribution is 2.39. The van der Waals surface area contributed by atoms with Crippen molar-refractivity contribution in [3.05, 3.63) is 143 Å². The second-order valence-corrected chi connectivity index (χ2v) is 10.4. The zero-order valence-electron chi connectivity index (χ0n) is 23.9. The predicted octanol–water partition coefficient (Wildman–Crippen LogP) is 8.13. The number of carbonyl (C=O) groups is 1. The summed E-state index contributed by atoms with van der Waals surface area (Å²) in [6.07, 6.45) is -5.99. The maximum Gasteiger partial charge on any atom is 0.416 e. The van der Waals surface area contributed by atoms with E-state index in [1.54, 1.807) is 30.3 Å². The minimum atomic E-state index is -4.54. The minimum Gasteiger partial charge on any atom is -0.457 e. The number of benzene rings is 4. The maximum absolute atomic E-state index is 14.3. The largest absolute Gasteiger partial charge is 0.457 e. The van der Waals surface area contributed by atoms with Crippen molar-refractivity contribution in [2.45, 2.75) is 31.3 Å². The Kier molecular flexibility index (Phi) is 9.45. The number of aliphatic hydroxyl groups is 1. The van der Waals surface area contributed by atoms with Gasteiger partial charge in [0.15, 0.2) is 0 Å². The molecule has 45 heavy (non-hydrogen) atoms. The van der Waals surface area contributed by atoms with Crippen LogP contribution in [0.5, 0.6) is 0 Å². The zero-order chi connectivity index (χ0) is 32.1. The molecule has 0 saturated heterocycles. The average Bonchev–Trinajstić information content (AvgIpc) is 3.41. The van der Waals surface area contributed by atoms with Gasteiger partial charge in [0.1, 0.15) is 29.8 Å². The Morgan fingerprint density at radius 2 is 1.44 bits per heavy atom. The Hall–Kier alpha value is -4.80. The lowest BCUT2D eigenvalue weighted by molar-refractivity contribution is -0.137. The summed E-state index contributed by atoms with van der Waals surface area (Å²) < 4.78 is 78.7. The van der Waals surface area contributed by atoms with E-state index in [2.05, 4.69) is 5.32 Å². The van der Waals surface area contributed by atoms with E-state index in [0.717, 1.165) is 24.3 Å². The first-order chi connectivity index (χ1) is 21.5. The van der Waals surface area contributed by atoms with E-state index in [1.807, 2.05) is 0 Å². The number of hydrogen-bond acceptors (Lipinski definition) is 4. The molecule has 0 radical (unpaired) electrons. The number of hydrogen-bond donors (Lipinski definition) is 2. The summed E-state index contributed by atoms with van der Waals surface area (Å²) in [5.41, 5.74) is 1.31. The van der Waals surface area contributed by atoms with Gasteiger partial charge in [0.25, 0.3) is 5.91 Å². The van der Waals surface area contributed by atoms with E-state index in [9.17, 15) is 31.9 Å². The van der Waals surface area contributed by atoms with Crippen LogP contribution in [0.15, 0.2) is 108 Å². The van der Waals surface area contributed by atoms with Crippen molar-refractivity contribution >= 4 is 5.91 Å². The van der Waals surface area contributed by atoms with Gasteiger partial charge in [-0.05, 0) is 59.5 Å². The van der Waals surface area contributed by atoms with Gasteiger partial charge in [0.2, 0.25) is 0 Å². The molecule has 0 aliphatic carbocycles. The van der Waals surface area contributed by atoms with Crippen LogP contribution in [0.25, 0.3) is 22.5 Å². The summed E-state index contributed by atoms with van der Waals surface area (Å²) in [5, 5.41) is 14.2. The second kappa shape index (κ2) is 13.5. The van der Waals surface area contributed by atoms with Crippen molar-refractivity contribution < 1.29 is 41.0 Å². The highest BCUT2D eigenvalue weighted by atomic mass is 19.4. The molecule has 2 atom stereocenters. The molecule has 0 fully saturated rings. The van der Waals surface area contributed by atoms with Crippen LogP contribution in [0, 0.1) is 11.6 Å². The lowest BCUT2D eigenvalue weighted by atomic mass is 9.93. The zero-order valence-corrected chi connectivity index (χ0v) is 23.9. The molecule has 232 valence electrons. The first-order valence-corrected chi connectivity index (χ1v) is 13.9. The van der Waals surface area contributed by atoms with E-state index in [-0.39, 0.29) is 29.9 Å². The third-order valence-corrected chi connectivity index (χ3v) is 7.30. The summed E-state index contributed by atoms with van der Waals surface area (Å²) in [5.74, 6) is -1.19. The van der Waals surface area contributed by atoms with Gasteiger partial charge in [0, 0.05) is 18.2 Å². The van der Waals surface area contributed by atoms with Crippen LogP contribution in [0.3, 0.4) is 0 Å². The number of carbonyl (C=O) groups excluding carboxylic acids is 1. The lowest BCUT2D eigenvalue weighted by Crippen LogP contribution is -2.41.